The zero-order valence-corrected chi connectivity index (χ0v) is 12.0. The van der Waals surface area contributed by atoms with Crippen LogP contribution in [0, 0.1) is 11.8 Å². The van der Waals surface area contributed by atoms with Crippen LogP contribution < -0.4 is 11.1 Å². The normalized spacial score (nSPS) is 23.1. The summed E-state index contributed by atoms with van der Waals surface area (Å²) in [4.78, 5) is 12.0. The lowest BCUT2D eigenvalue weighted by molar-refractivity contribution is 0.0942. The molecule has 1 aliphatic carbocycles. The van der Waals surface area contributed by atoms with Crippen molar-refractivity contribution in [3.05, 3.63) is 28.8 Å². The molecule has 0 unspecified atom stereocenters. The molecule has 1 aliphatic rings. The average molecular weight is 281 g/mol. The van der Waals surface area contributed by atoms with E-state index >= 15 is 0 Å². The van der Waals surface area contributed by atoms with Gasteiger partial charge in [0.1, 0.15) is 0 Å². The van der Waals surface area contributed by atoms with Gasteiger partial charge < -0.3 is 11.1 Å². The molecule has 1 amide bonds. The van der Waals surface area contributed by atoms with E-state index in [4.69, 9.17) is 17.3 Å². The molecular weight excluding hydrogens is 260 g/mol. The van der Waals surface area contributed by atoms with Gasteiger partial charge in [-0.3, -0.25) is 4.79 Å². The molecule has 0 aliphatic heterocycles. The summed E-state index contributed by atoms with van der Waals surface area (Å²) < 4.78 is 0. The first-order valence-electron chi connectivity index (χ1n) is 6.89. The van der Waals surface area contributed by atoms with E-state index in [1.54, 1.807) is 18.2 Å². The number of nitrogens with one attached hydrogen (secondary N) is 1. The molecule has 0 aromatic heterocycles. The number of carbonyl (C=O) groups is 1. The van der Waals surface area contributed by atoms with Crippen LogP contribution in [0.1, 0.15) is 43.0 Å². The molecule has 1 saturated carbocycles. The van der Waals surface area contributed by atoms with E-state index < -0.39 is 0 Å². The summed E-state index contributed by atoms with van der Waals surface area (Å²) in [5, 5.41) is 3.48. The Hall–Kier alpha value is -1.22. The highest BCUT2D eigenvalue weighted by Gasteiger charge is 2.19. The Bertz CT molecular complexity index is 433. The molecule has 1 aromatic carbocycles. The largest absolute Gasteiger partial charge is 0.399 e. The van der Waals surface area contributed by atoms with Gasteiger partial charge in [0, 0.05) is 22.8 Å². The minimum Gasteiger partial charge on any atom is -0.399 e. The van der Waals surface area contributed by atoms with Gasteiger partial charge in [-0.1, -0.05) is 31.4 Å². The van der Waals surface area contributed by atoms with Crippen LogP contribution in [-0.4, -0.2) is 12.5 Å². The molecular formula is C15H21ClN2O. The summed E-state index contributed by atoms with van der Waals surface area (Å²) >= 11 is 5.90. The van der Waals surface area contributed by atoms with Gasteiger partial charge in [-0.15, -0.1) is 0 Å². The van der Waals surface area contributed by atoms with Gasteiger partial charge in [-0.05, 0) is 42.9 Å². The summed E-state index contributed by atoms with van der Waals surface area (Å²) in [6.07, 6.45) is 4.95. The van der Waals surface area contributed by atoms with Crippen LogP contribution in [0.5, 0.6) is 0 Å². The SMILES string of the molecule is CC1CCC(CNC(=O)c2cc(N)cc(Cl)c2)CC1. The lowest BCUT2D eigenvalue weighted by Crippen LogP contribution is -2.31. The number of carbonyl (C=O) groups excluding carboxylic acids is 1. The van der Waals surface area contributed by atoms with Crippen molar-refractivity contribution in [2.45, 2.75) is 32.6 Å². The van der Waals surface area contributed by atoms with Crippen molar-refractivity contribution >= 4 is 23.2 Å². The number of nitrogens with two attached hydrogens (primary N) is 1. The number of amides is 1. The minimum absolute atomic E-state index is 0.0900. The maximum Gasteiger partial charge on any atom is 0.251 e. The highest BCUT2D eigenvalue weighted by molar-refractivity contribution is 6.31. The third-order valence-electron chi connectivity index (χ3n) is 3.87. The predicted molar refractivity (Wildman–Crippen MR) is 79.3 cm³/mol. The van der Waals surface area contributed by atoms with Gasteiger partial charge in [0.05, 0.1) is 0 Å². The van der Waals surface area contributed by atoms with Gasteiger partial charge in [-0.2, -0.15) is 0 Å². The first-order valence-corrected chi connectivity index (χ1v) is 7.26. The number of rotatable bonds is 3. The van der Waals surface area contributed by atoms with Crippen LogP contribution in [0.25, 0.3) is 0 Å². The maximum atomic E-state index is 12.0. The molecule has 0 saturated heterocycles. The molecule has 0 bridgehead atoms. The topological polar surface area (TPSA) is 55.1 Å². The summed E-state index contributed by atoms with van der Waals surface area (Å²) in [5.41, 5.74) is 6.74. The highest BCUT2D eigenvalue weighted by Crippen LogP contribution is 2.27. The molecule has 1 aromatic rings. The lowest BCUT2D eigenvalue weighted by atomic mass is 9.83. The molecule has 0 radical (unpaired) electrons. The van der Waals surface area contributed by atoms with E-state index in [0.717, 1.165) is 12.5 Å². The van der Waals surface area contributed by atoms with Crippen LogP contribution in [-0.2, 0) is 0 Å². The molecule has 104 valence electrons. The van der Waals surface area contributed by atoms with E-state index in [1.807, 2.05) is 0 Å². The molecule has 0 spiro atoms. The molecule has 0 atom stereocenters. The minimum atomic E-state index is -0.0900. The monoisotopic (exact) mass is 280 g/mol. The fourth-order valence-electron chi connectivity index (χ4n) is 2.62. The van der Waals surface area contributed by atoms with Gasteiger partial charge >= 0.3 is 0 Å². The van der Waals surface area contributed by atoms with Crippen molar-refractivity contribution in [3.8, 4) is 0 Å². The van der Waals surface area contributed by atoms with Crippen molar-refractivity contribution in [2.75, 3.05) is 12.3 Å². The van der Waals surface area contributed by atoms with Crippen LogP contribution >= 0.6 is 11.6 Å². The molecule has 3 N–H and O–H groups in total. The number of halogens is 1. The van der Waals surface area contributed by atoms with E-state index in [2.05, 4.69) is 12.2 Å². The Morgan fingerprint density at radius 1 is 1.32 bits per heavy atom. The standard InChI is InChI=1S/C15H21ClN2O/c1-10-2-4-11(5-3-10)9-18-15(19)12-6-13(16)8-14(17)7-12/h6-8,10-11H,2-5,9,17H2,1H3,(H,18,19). The van der Waals surface area contributed by atoms with Gasteiger partial charge in [-0.25, -0.2) is 0 Å². The quantitative estimate of drug-likeness (QED) is 0.833. The van der Waals surface area contributed by atoms with Crippen molar-refractivity contribution in [1.29, 1.82) is 0 Å². The zero-order chi connectivity index (χ0) is 13.8. The van der Waals surface area contributed by atoms with E-state index in [0.29, 0.717) is 22.2 Å². The Balaban J connectivity index is 1.87. The van der Waals surface area contributed by atoms with Crippen LogP contribution in [0.2, 0.25) is 5.02 Å². The second kappa shape index (κ2) is 6.29. The zero-order valence-electron chi connectivity index (χ0n) is 11.3. The van der Waals surface area contributed by atoms with E-state index in [9.17, 15) is 4.79 Å². The summed E-state index contributed by atoms with van der Waals surface area (Å²) in [5.74, 6) is 1.35. The Labute approximate surface area is 119 Å². The van der Waals surface area contributed by atoms with Crippen molar-refractivity contribution in [2.24, 2.45) is 11.8 Å². The van der Waals surface area contributed by atoms with E-state index in [-0.39, 0.29) is 5.91 Å². The van der Waals surface area contributed by atoms with Crippen LogP contribution in [0.4, 0.5) is 5.69 Å². The predicted octanol–water partition coefficient (Wildman–Crippen LogP) is 3.48. The smallest absolute Gasteiger partial charge is 0.251 e. The average Bonchev–Trinajstić information content (AvgIpc) is 2.36. The third-order valence-corrected chi connectivity index (χ3v) is 4.09. The molecule has 1 fully saturated rings. The second-order valence-electron chi connectivity index (χ2n) is 5.61. The van der Waals surface area contributed by atoms with Crippen LogP contribution in [0.15, 0.2) is 18.2 Å². The maximum absolute atomic E-state index is 12.0. The van der Waals surface area contributed by atoms with Crippen molar-refractivity contribution < 1.29 is 4.79 Å². The Kier molecular flexibility index (Phi) is 4.70. The first kappa shape index (κ1) is 14.2. The third kappa shape index (κ3) is 4.13. The fourth-order valence-corrected chi connectivity index (χ4v) is 2.86. The number of hydrogen-bond donors (Lipinski definition) is 2. The summed E-state index contributed by atoms with van der Waals surface area (Å²) in [6, 6.07) is 4.95. The first-order chi connectivity index (χ1) is 9.04. The molecule has 2 rings (SSSR count). The number of benzene rings is 1. The van der Waals surface area contributed by atoms with Crippen molar-refractivity contribution in [1.82, 2.24) is 5.32 Å². The second-order valence-corrected chi connectivity index (χ2v) is 6.05. The summed E-state index contributed by atoms with van der Waals surface area (Å²) in [6.45, 7) is 3.04. The van der Waals surface area contributed by atoms with E-state index in [1.165, 1.54) is 25.7 Å². The summed E-state index contributed by atoms with van der Waals surface area (Å²) in [7, 11) is 0. The van der Waals surface area contributed by atoms with Gasteiger partial charge in [0.25, 0.3) is 5.91 Å². The molecule has 4 heteroatoms. The number of anilines is 1. The Morgan fingerprint density at radius 3 is 2.63 bits per heavy atom. The van der Waals surface area contributed by atoms with Gasteiger partial charge in [0.2, 0.25) is 0 Å². The van der Waals surface area contributed by atoms with Gasteiger partial charge in [0.15, 0.2) is 0 Å². The molecule has 0 heterocycles. The lowest BCUT2D eigenvalue weighted by Gasteiger charge is -2.26. The van der Waals surface area contributed by atoms with Crippen molar-refractivity contribution in [3.63, 3.8) is 0 Å². The van der Waals surface area contributed by atoms with Crippen LogP contribution in [0.3, 0.4) is 0 Å². The fraction of sp³-hybridized carbons (Fsp3) is 0.533. The number of hydrogen-bond acceptors (Lipinski definition) is 2. The Morgan fingerprint density at radius 2 is 2.00 bits per heavy atom. The molecule has 19 heavy (non-hydrogen) atoms. The highest BCUT2D eigenvalue weighted by atomic mass is 35.5. The number of nitrogen functional groups attached to an aromatic ring is 1. The molecule has 3 nitrogen and oxygen atoms in total.